The van der Waals surface area contributed by atoms with Crippen molar-refractivity contribution < 1.29 is 19.6 Å². The van der Waals surface area contributed by atoms with Crippen molar-refractivity contribution in [2.75, 3.05) is 18.5 Å². The summed E-state index contributed by atoms with van der Waals surface area (Å²) in [6.07, 6.45) is 0.795. The zero-order valence-electron chi connectivity index (χ0n) is 17.3. The van der Waals surface area contributed by atoms with E-state index in [2.05, 4.69) is 29.6 Å². The van der Waals surface area contributed by atoms with E-state index < -0.39 is 5.97 Å². The number of thiophene rings is 1. The number of rotatable bonds is 9. The van der Waals surface area contributed by atoms with E-state index in [1.165, 1.54) is 11.3 Å². The molecule has 0 atom stereocenters. The maximum absolute atomic E-state index is 12.7. The third-order valence-electron chi connectivity index (χ3n) is 4.74. The van der Waals surface area contributed by atoms with Crippen LogP contribution in [0.2, 0.25) is 0 Å². The quantitative estimate of drug-likeness (QED) is 0.515. The van der Waals surface area contributed by atoms with Crippen LogP contribution in [-0.4, -0.2) is 25.0 Å². The first-order chi connectivity index (χ1) is 14.6. The zero-order chi connectivity index (χ0) is 21.3. The van der Waals surface area contributed by atoms with Crippen molar-refractivity contribution in [3.63, 3.8) is 0 Å². The van der Waals surface area contributed by atoms with E-state index in [0.717, 1.165) is 22.4 Å². The molecule has 1 aromatic heterocycles. The van der Waals surface area contributed by atoms with E-state index >= 15 is 0 Å². The molecule has 0 bridgehead atoms. The lowest BCUT2D eigenvalue weighted by molar-refractivity contribution is -0.676. The Bertz CT molecular complexity index is 931. The van der Waals surface area contributed by atoms with Crippen molar-refractivity contribution in [1.29, 1.82) is 0 Å². The fourth-order valence-electron chi connectivity index (χ4n) is 3.26. The van der Waals surface area contributed by atoms with Gasteiger partial charge in [-0.15, -0.1) is 11.3 Å². The van der Waals surface area contributed by atoms with E-state index in [1.807, 2.05) is 48.6 Å². The Labute approximate surface area is 181 Å². The van der Waals surface area contributed by atoms with Gasteiger partial charge < -0.3 is 15.4 Å². The maximum atomic E-state index is 12.7. The van der Waals surface area contributed by atoms with Gasteiger partial charge in [0.15, 0.2) is 6.54 Å². The number of esters is 1. The zero-order valence-corrected chi connectivity index (χ0v) is 18.1. The second-order valence-electron chi connectivity index (χ2n) is 6.82. The van der Waals surface area contributed by atoms with Gasteiger partial charge in [0.1, 0.15) is 11.0 Å². The SMILES string of the molecule is CCOC(=O)c1cc(CC)sc1NC(=O)C[NH2+]C(c1ccccc1)c1ccccc1. The molecule has 0 radical (unpaired) electrons. The van der Waals surface area contributed by atoms with Crippen molar-refractivity contribution >= 4 is 28.2 Å². The monoisotopic (exact) mass is 423 g/mol. The fraction of sp³-hybridized carbons (Fsp3) is 0.250. The molecule has 2 aromatic carbocycles. The number of benzene rings is 2. The van der Waals surface area contributed by atoms with Crippen LogP contribution in [0.15, 0.2) is 66.7 Å². The highest BCUT2D eigenvalue weighted by Crippen LogP contribution is 2.29. The summed E-state index contributed by atoms with van der Waals surface area (Å²) in [4.78, 5) is 26.0. The molecule has 5 nitrogen and oxygen atoms in total. The van der Waals surface area contributed by atoms with Gasteiger partial charge in [-0.2, -0.15) is 0 Å². The average Bonchev–Trinajstić information content (AvgIpc) is 3.18. The Hall–Kier alpha value is -2.96. The highest BCUT2D eigenvalue weighted by Gasteiger charge is 2.21. The molecule has 6 heteroatoms. The van der Waals surface area contributed by atoms with Gasteiger partial charge in [-0.25, -0.2) is 4.79 Å². The number of nitrogens with one attached hydrogen (secondary N) is 1. The van der Waals surface area contributed by atoms with Gasteiger partial charge in [0.2, 0.25) is 0 Å². The van der Waals surface area contributed by atoms with Crippen LogP contribution < -0.4 is 10.6 Å². The number of hydrogen-bond acceptors (Lipinski definition) is 4. The molecule has 0 saturated carbocycles. The second kappa shape index (κ2) is 10.7. The van der Waals surface area contributed by atoms with Crippen LogP contribution in [0.5, 0.6) is 0 Å². The van der Waals surface area contributed by atoms with E-state index in [9.17, 15) is 9.59 Å². The van der Waals surface area contributed by atoms with E-state index in [-0.39, 0.29) is 18.5 Å². The molecule has 156 valence electrons. The predicted molar refractivity (Wildman–Crippen MR) is 120 cm³/mol. The first-order valence-electron chi connectivity index (χ1n) is 10.1. The van der Waals surface area contributed by atoms with Gasteiger partial charge in [0, 0.05) is 16.0 Å². The van der Waals surface area contributed by atoms with Crippen LogP contribution >= 0.6 is 11.3 Å². The number of aryl methyl sites for hydroxylation is 1. The molecule has 0 fully saturated rings. The van der Waals surface area contributed by atoms with E-state index in [0.29, 0.717) is 17.2 Å². The average molecular weight is 424 g/mol. The molecule has 3 N–H and O–H groups in total. The molecule has 0 spiro atoms. The highest BCUT2D eigenvalue weighted by molar-refractivity contribution is 7.16. The Morgan fingerprint density at radius 3 is 2.13 bits per heavy atom. The van der Waals surface area contributed by atoms with Gasteiger partial charge in [0.05, 0.1) is 12.2 Å². The van der Waals surface area contributed by atoms with Gasteiger partial charge in [-0.05, 0) is 19.4 Å². The van der Waals surface area contributed by atoms with Crippen molar-refractivity contribution in [3.8, 4) is 0 Å². The van der Waals surface area contributed by atoms with E-state index in [1.54, 1.807) is 13.0 Å². The predicted octanol–water partition coefficient (Wildman–Crippen LogP) is 3.78. The van der Waals surface area contributed by atoms with E-state index in [4.69, 9.17) is 4.74 Å². The molecule has 30 heavy (non-hydrogen) atoms. The fourth-order valence-corrected chi connectivity index (χ4v) is 4.26. The molecule has 3 aromatic rings. The normalized spacial score (nSPS) is 10.8. The molecule has 0 saturated heterocycles. The summed E-state index contributed by atoms with van der Waals surface area (Å²) in [5, 5.41) is 5.48. The van der Waals surface area contributed by atoms with Crippen molar-refractivity contribution in [2.45, 2.75) is 26.3 Å². The second-order valence-corrected chi connectivity index (χ2v) is 7.95. The third kappa shape index (κ3) is 5.55. The van der Waals surface area contributed by atoms with Crippen molar-refractivity contribution in [1.82, 2.24) is 0 Å². The Kier molecular flexibility index (Phi) is 7.76. The summed E-state index contributed by atoms with van der Waals surface area (Å²) < 4.78 is 5.13. The minimum absolute atomic E-state index is 0.0113. The summed E-state index contributed by atoms with van der Waals surface area (Å²) in [6, 6.07) is 22.1. The molecule has 3 rings (SSSR count). The maximum Gasteiger partial charge on any atom is 0.341 e. The first kappa shape index (κ1) is 21.7. The molecule has 1 heterocycles. The van der Waals surface area contributed by atoms with Crippen LogP contribution in [0.1, 0.15) is 46.3 Å². The number of hydrogen-bond donors (Lipinski definition) is 2. The van der Waals surface area contributed by atoms with Gasteiger partial charge in [0.25, 0.3) is 5.91 Å². The first-order valence-corrected chi connectivity index (χ1v) is 11.0. The molecule has 0 unspecified atom stereocenters. The summed E-state index contributed by atoms with van der Waals surface area (Å²) in [5.74, 6) is -0.555. The number of amides is 1. The lowest BCUT2D eigenvalue weighted by atomic mass is 9.99. The molecule has 0 aliphatic carbocycles. The van der Waals surface area contributed by atoms with Crippen LogP contribution in [-0.2, 0) is 16.0 Å². The van der Waals surface area contributed by atoms with Crippen LogP contribution in [0.25, 0.3) is 0 Å². The number of carbonyl (C=O) groups excluding carboxylic acids is 2. The van der Waals surface area contributed by atoms with Crippen molar-refractivity contribution in [2.24, 2.45) is 0 Å². The van der Waals surface area contributed by atoms with Crippen LogP contribution in [0, 0.1) is 0 Å². The molecule has 0 aliphatic rings. The van der Waals surface area contributed by atoms with Crippen LogP contribution in [0.3, 0.4) is 0 Å². The van der Waals surface area contributed by atoms with Gasteiger partial charge in [-0.1, -0.05) is 67.6 Å². The smallest absolute Gasteiger partial charge is 0.341 e. The minimum atomic E-state index is -0.404. The molecule has 1 amide bonds. The summed E-state index contributed by atoms with van der Waals surface area (Å²) in [5.41, 5.74) is 2.69. The summed E-state index contributed by atoms with van der Waals surface area (Å²) >= 11 is 1.42. The van der Waals surface area contributed by atoms with Crippen molar-refractivity contribution in [3.05, 3.63) is 88.3 Å². The molecular formula is C24H27N2O3S+. The van der Waals surface area contributed by atoms with Gasteiger partial charge >= 0.3 is 5.97 Å². The minimum Gasteiger partial charge on any atom is -0.462 e. The Morgan fingerprint density at radius 2 is 1.60 bits per heavy atom. The number of anilines is 1. The van der Waals surface area contributed by atoms with Crippen LogP contribution in [0.4, 0.5) is 5.00 Å². The Morgan fingerprint density at radius 1 is 1.00 bits per heavy atom. The lowest BCUT2D eigenvalue weighted by Gasteiger charge is -2.16. The summed E-state index contributed by atoms with van der Waals surface area (Å²) in [7, 11) is 0. The highest BCUT2D eigenvalue weighted by atomic mass is 32.1. The molecule has 0 aliphatic heterocycles. The number of ether oxygens (including phenoxy) is 1. The lowest BCUT2D eigenvalue weighted by Crippen LogP contribution is -2.87. The third-order valence-corrected chi connectivity index (χ3v) is 5.93. The largest absolute Gasteiger partial charge is 0.462 e. The Balaban J connectivity index is 1.72. The standard InChI is InChI=1S/C24H26N2O3S/c1-3-19-15-20(24(28)29-4-2)23(30-19)26-21(27)16-25-22(17-11-7-5-8-12-17)18-13-9-6-10-14-18/h5-15,22,25H,3-4,16H2,1-2H3,(H,26,27)/p+1. The summed E-state index contributed by atoms with van der Waals surface area (Å²) in [6.45, 7) is 4.32. The number of quaternary nitrogens is 1. The number of nitrogens with two attached hydrogens (primary N) is 1. The number of carbonyl (C=O) groups is 2. The topological polar surface area (TPSA) is 72.0 Å². The van der Waals surface area contributed by atoms with Gasteiger partial charge in [-0.3, -0.25) is 4.79 Å². The molecular weight excluding hydrogens is 396 g/mol.